The van der Waals surface area contributed by atoms with Gasteiger partial charge in [-0.3, -0.25) is 0 Å². The van der Waals surface area contributed by atoms with E-state index in [0.717, 1.165) is 11.6 Å². The van der Waals surface area contributed by atoms with E-state index in [1.54, 1.807) is 6.20 Å². The highest BCUT2D eigenvalue weighted by Gasteiger charge is 2.10. The molecular formula is C11H18N2O2. The molecule has 0 unspecified atom stereocenters. The van der Waals surface area contributed by atoms with Crippen molar-refractivity contribution in [1.29, 1.82) is 0 Å². The fourth-order valence-corrected chi connectivity index (χ4v) is 1.27. The molecule has 0 saturated heterocycles. The highest BCUT2D eigenvalue weighted by molar-refractivity contribution is 5.51. The Hall–Kier alpha value is -1.29. The van der Waals surface area contributed by atoms with Gasteiger partial charge in [-0.15, -0.1) is 0 Å². The number of hydrogen-bond donors (Lipinski definition) is 1. The summed E-state index contributed by atoms with van der Waals surface area (Å²) in [5.41, 5.74) is 0. The Bertz CT molecular complexity index is 302. The van der Waals surface area contributed by atoms with E-state index < -0.39 is 0 Å². The molecule has 0 aromatic carbocycles. The van der Waals surface area contributed by atoms with Gasteiger partial charge in [0.25, 0.3) is 0 Å². The lowest BCUT2D eigenvalue weighted by molar-refractivity contribution is 0.241. The first-order valence-electron chi connectivity index (χ1n) is 5.08. The molecule has 0 aliphatic heterocycles. The van der Waals surface area contributed by atoms with Crippen molar-refractivity contribution in [3.63, 3.8) is 0 Å². The van der Waals surface area contributed by atoms with E-state index in [1.165, 1.54) is 0 Å². The molecule has 1 rings (SSSR count). The van der Waals surface area contributed by atoms with Gasteiger partial charge < -0.3 is 14.7 Å². The van der Waals surface area contributed by atoms with Crippen molar-refractivity contribution < 1.29 is 9.84 Å². The summed E-state index contributed by atoms with van der Waals surface area (Å²) in [5, 5.41) is 8.86. The summed E-state index contributed by atoms with van der Waals surface area (Å²) in [4.78, 5) is 6.11. The van der Waals surface area contributed by atoms with Gasteiger partial charge in [0, 0.05) is 19.8 Å². The second kappa shape index (κ2) is 5.56. The minimum absolute atomic E-state index is 0.105. The average Bonchev–Trinajstić information content (AvgIpc) is 2.18. The van der Waals surface area contributed by atoms with Crippen LogP contribution in [0.1, 0.15) is 13.8 Å². The van der Waals surface area contributed by atoms with Crippen molar-refractivity contribution >= 4 is 5.82 Å². The van der Waals surface area contributed by atoms with E-state index in [9.17, 15) is 0 Å². The van der Waals surface area contributed by atoms with Gasteiger partial charge in [-0.05, 0) is 26.0 Å². The first-order valence-corrected chi connectivity index (χ1v) is 5.08. The second-order valence-electron chi connectivity index (χ2n) is 3.64. The molecule has 1 N–H and O–H groups in total. The van der Waals surface area contributed by atoms with Gasteiger partial charge in [0.2, 0.25) is 0 Å². The molecular weight excluding hydrogens is 192 g/mol. The van der Waals surface area contributed by atoms with Crippen molar-refractivity contribution in [3.8, 4) is 5.75 Å². The number of anilines is 1. The summed E-state index contributed by atoms with van der Waals surface area (Å²) in [6, 6.07) is 3.73. The molecule has 0 fully saturated rings. The average molecular weight is 210 g/mol. The number of nitrogens with zero attached hydrogens (tertiary/aromatic N) is 2. The molecule has 84 valence electrons. The molecule has 4 nitrogen and oxygen atoms in total. The van der Waals surface area contributed by atoms with E-state index >= 15 is 0 Å². The largest absolute Gasteiger partial charge is 0.487 e. The van der Waals surface area contributed by atoms with Crippen LogP contribution in [0.5, 0.6) is 5.75 Å². The summed E-state index contributed by atoms with van der Waals surface area (Å²) < 4.78 is 5.63. The maximum absolute atomic E-state index is 8.86. The summed E-state index contributed by atoms with van der Waals surface area (Å²) in [6.07, 6.45) is 1.84. The van der Waals surface area contributed by atoms with Crippen LogP contribution in [-0.2, 0) is 0 Å². The van der Waals surface area contributed by atoms with E-state index in [0.29, 0.717) is 6.54 Å². The lowest BCUT2D eigenvalue weighted by atomic mass is 10.3. The highest BCUT2D eigenvalue weighted by atomic mass is 16.5. The quantitative estimate of drug-likeness (QED) is 0.795. The SMILES string of the molecule is CC(C)Oc1cccnc1N(C)CCO. The molecule has 0 saturated carbocycles. The lowest BCUT2D eigenvalue weighted by Crippen LogP contribution is -2.23. The van der Waals surface area contributed by atoms with Crippen LogP contribution in [-0.4, -0.2) is 36.4 Å². The van der Waals surface area contributed by atoms with Gasteiger partial charge in [0.1, 0.15) is 0 Å². The van der Waals surface area contributed by atoms with Gasteiger partial charge in [0.15, 0.2) is 11.6 Å². The third-order valence-electron chi connectivity index (χ3n) is 1.91. The molecule has 1 aromatic rings. The third-order valence-corrected chi connectivity index (χ3v) is 1.91. The van der Waals surface area contributed by atoms with Crippen LogP contribution in [0.25, 0.3) is 0 Å². The predicted octanol–water partition coefficient (Wildman–Crippen LogP) is 1.30. The Morgan fingerprint density at radius 1 is 1.53 bits per heavy atom. The van der Waals surface area contributed by atoms with Gasteiger partial charge in [-0.1, -0.05) is 0 Å². The molecule has 0 radical (unpaired) electrons. The third kappa shape index (κ3) is 3.40. The summed E-state index contributed by atoms with van der Waals surface area (Å²) in [6.45, 7) is 4.60. The first-order chi connectivity index (χ1) is 7.15. The Kier molecular flexibility index (Phi) is 4.37. The Balaban J connectivity index is 2.85. The number of rotatable bonds is 5. The van der Waals surface area contributed by atoms with Crippen molar-refractivity contribution in [2.45, 2.75) is 20.0 Å². The zero-order chi connectivity index (χ0) is 11.3. The van der Waals surface area contributed by atoms with E-state index in [1.807, 2.05) is 37.9 Å². The zero-order valence-corrected chi connectivity index (χ0v) is 9.47. The van der Waals surface area contributed by atoms with Gasteiger partial charge in [0.05, 0.1) is 12.7 Å². The summed E-state index contributed by atoms with van der Waals surface area (Å²) in [7, 11) is 1.88. The van der Waals surface area contributed by atoms with E-state index in [-0.39, 0.29) is 12.7 Å². The van der Waals surface area contributed by atoms with Crippen molar-refractivity contribution in [2.75, 3.05) is 25.1 Å². The van der Waals surface area contributed by atoms with Crippen molar-refractivity contribution in [1.82, 2.24) is 4.98 Å². The molecule has 4 heteroatoms. The van der Waals surface area contributed by atoms with Crippen LogP contribution in [0, 0.1) is 0 Å². The van der Waals surface area contributed by atoms with Gasteiger partial charge >= 0.3 is 0 Å². The van der Waals surface area contributed by atoms with Crippen molar-refractivity contribution in [2.24, 2.45) is 0 Å². The monoisotopic (exact) mass is 210 g/mol. The second-order valence-corrected chi connectivity index (χ2v) is 3.64. The number of aliphatic hydroxyl groups excluding tert-OH is 1. The topological polar surface area (TPSA) is 45.6 Å². The van der Waals surface area contributed by atoms with Gasteiger partial charge in [-0.2, -0.15) is 0 Å². The number of ether oxygens (including phenoxy) is 1. The fourth-order valence-electron chi connectivity index (χ4n) is 1.27. The number of hydrogen-bond acceptors (Lipinski definition) is 4. The van der Waals surface area contributed by atoms with Crippen LogP contribution >= 0.6 is 0 Å². The van der Waals surface area contributed by atoms with E-state index in [2.05, 4.69) is 4.98 Å². The summed E-state index contributed by atoms with van der Waals surface area (Å²) >= 11 is 0. The number of aliphatic hydroxyl groups is 1. The minimum atomic E-state index is 0.105. The van der Waals surface area contributed by atoms with Gasteiger partial charge in [-0.25, -0.2) is 4.98 Å². The van der Waals surface area contributed by atoms with Crippen LogP contribution in [0.2, 0.25) is 0 Å². The number of likely N-dealkylation sites (N-methyl/N-ethyl adjacent to an activating group) is 1. The standard InChI is InChI=1S/C11H18N2O2/c1-9(2)15-10-5-4-6-12-11(10)13(3)7-8-14/h4-6,9,14H,7-8H2,1-3H3. The van der Waals surface area contributed by atoms with Crippen LogP contribution in [0.4, 0.5) is 5.82 Å². The Morgan fingerprint density at radius 3 is 2.87 bits per heavy atom. The number of aromatic nitrogens is 1. The maximum atomic E-state index is 8.86. The Labute approximate surface area is 90.5 Å². The normalized spacial score (nSPS) is 10.5. The Morgan fingerprint density at radius 2 is 2.27 bits per heavy atom. The molecule has 15 heavy (non-hydrogen) atoms. The smallest absolute Gasteiger partial charge is 0.171 e. The molecule has 0 aliphatic rings. The molecule has 0 aliphatic carbocycles. The molecule has 0 bridgehead atoms. The molecule has 0 amide bonds. The first kappa shape index (κ1) is 11.8. The molecule has 1 aromatic heterocycles. The lowest BCUT2D eigenvalue weighted by Gasteiger charge is -2.21. The minimum Gasteiger partial charge on any atom is -0.487 e. The highest BCUT2D eigenvalue weighted by Crippen LogP contribution is 2.24. The molecule has 0 spiro atoms. The summed E-state index contributed by atoms with van der Waals surface area (Å²) in [5.74, 6) is 1.52. The van der Waals surface area contributed by atoms with Crippen LogP contribution in [0.15, 0.2) is 18.3 Å². The van der Waals surface area contributed by atoms with E-state index in [4.69, 9.17) is 9.84 Å². The fraction of sp³-hybridized carbons (Fsp3) is 0.545. The predicted molar refractivity (Wildman–Crippen MR) is 60.4 cm³/mol. The molecule has 0 atom stereocenters. The molecule has 1 heterocycles. The van der Waals surface area contributed by atoms with Crippen LogP contribution in [0.3, 0.4) is 0 Å². The maximum Gasteiger partial charge on any atom is 0.171 e. The van der Waals surface area contributed by atoms with Crippen molar-refractivity contribution in [3.05, 3.63) is 18.3 Å². The zero-order valence-electron chi connectivity index (χ0n) is 9.47. The van der Waals surface area contributed by atoms with Crippen LogP contribution < -0.4 is 9.64 Å². The number of pyridine rings is 1.